The number of urea groups is 1. The molecule has 5 N–H and O–H groups in total. The average Bonchev–Trinajstić information content (AvgIpc) is 3.10. The van der Waals surface area contributed by atoms with Crippen LogP contribution in [0.3, 0.4) is 0 Å². The summed E-state index contributed by atoms with van der Waals surface area (Å²) in [6.45, 7) is 5.41. The van der Waals surface area contributed by atoms with Gasteiger partial charge in [0.15, 0.2) is 0 Å². The Hall–Kier alpha value is -3.45. The molecule has 0 saturated carbocycles. The first-order valence-electron chi connectivity index (χ1n) is 7.71. The molecule has 0 fully saturated rings. The number of hydrogen-bond donors (Lipinski definition) is 4. The molecule has 13 heteroatoms. The largest absolute Gasteiger partial charge is 0.416 e. The van der Waals surface area contributed by atoms with Crippen molar-refractivity contribution in [3.8, 4) is 0 Å². The van der Waals surface area contributed by atoms with Crippen LogP contribution in [0.1, 0.15) is 16.3 Å². The lowest BCUT2D eigenvalue weighted by Crippen LogP contribution is -2.47. The molecule has 0 bridgehead atoms. The second kappa shape index (κ2) is 9.16. The van der Waals surface area contributed by atoms with Gasteiger partial charge in [-0.15, -0.1) is 11.3 Å². The second-order valence-electron chi connectivity index (χ2n) is 5.35. The number of anilines is 1. The first kappa shape index (κ1) is 21.8. The fraction of sp³-hybridized carbons (Fsp3) is 0.125. The van der Waals surface area contributed by atoms with E-state index < -0.39 is 29.6 Å². The van der Waals surface area contributed by atoms with Crippen molar-refractivity contribution in [1.29, 1.82) is 0 Å². The Labute approximate surface area is 166 Å². The third-order valence-corrected chi connectivity index (χ3v) is 3.97. The summed E-state index contributed by atoms with van der Waals surface area (Å²) in [6.07, 6.45) is -4.57. The molecule has 0 atom stereocenters. The van der Waals surface area contributed by atoms with Gasteiger partial charge in [-0.25, -0.2) is 20.2 Å². The minimum absolute atomic E-state index is 0.0957. The molecule has 0 aliphatic heterocycles. The van der Waals surface area contributed by atoms with Crippen LogP contribution in [0.15, 0.2) is 41.2 Å². The zero-order valence-electron chi connectivity index (χ0n) is 14.8. The number of nitrogens with two attached hydrogens (primary N) is 1. The standard InChI is InChI=1S/C16H15F3N6O3S/c1-8(12-7-29-9(2)22-12)21-14(28-20)13(26)24-25-15(27)23-11-5-3-4-10(6-11)16(17,18)19/h3-7H,1,20H2,2H3,(H,24,26)(H2,23,25,27). The number of aromatic nitrogens is 1. The lowest BCUT2D eigenvalue weighted by molar-refractivity contribution is -0.137. The normalized spacial score (nSPS) is 11.6. The lowest BCUT2D eigenvalue weighted by atomic mass is 10.2. The number of rotatable bonds is 3. The highest BCUT2D eigenvalue weighted by Gasteiger charge is 2.30. The molecule has 154 valence electrons. The van der Waals surface area contributed by atoms with E-state index >= 15 is 0 Å². The van der Waals surface area contributed by atoms with Crippen LogP contribution >= 0.6 is 11.3 Å². The van der Waals surface area contributed by atoms with Gasteiger partial charge in [-0.3, -0.25) is 10.2 Å². The van der Waals surface area contributed by atoms with Crippen molar-refractivity contribution in [2.45, 2.75) is 13.1 Å². The molecule has 0 spiro atoms. The van der Waals surface area contributed by atoms with Gasteiger partial charge in [0, 0.05) is 11.1 Å². The number of hydrazine groups is 1. The van der Waals surface area contributed by atoms with E-state index in [0.717, 1.165) is 23.2 Å². The van der Waals surface area contributed by atoms with Crippen LogP contribution in [0.4, 0.5) is 23.7 Å². The minimum Gasteiger partial charge on any atom is -0.385 e. The molecule has 0 radical (unpaired) electrons. The van der Waals surface area contributed by atoms with Gasteiger partial charge in [0.05, 0.1) is 22.0 Å². The highest BCUT2D eigenvalue weighted by Crippen LogP contribution is 2.30. The number of benzene rings is 1. The third kappa shape index (κ3) is 6.29. The Morgan fingerprint density at radius 1 is 1.31 bits per heavy atom. The number of amides is 3. The molecule has 1 heterocycles. The summed E-state index contributed by atoms with van der Waals surface area (Å²) in [5, 5.41) is 4.55. The maximum atomic E-state index is 12.7. The molecular weight excluding hydrogens is 413 g/mol. The molecule has 2 aromatic rings. The number of nitrogens with zero attached hydrogens (tertiary/aromatic N) is 2. The van der Waals surface area contributed by atoms with Crippen molar-refractivity contribution in [2.75, 3.05) is 5.32 Å². The molecule has 1 aromatic carbocycles. The van der Waals surface area contributed by atoms with Gasteiger partial charge in [0.1, 0.15) is 0 Å². The Bertz CT molecular complexity index is 957. The summed E-state index contributed by atoms with van der Waals surface area (Å²) in [4.78, 5) is 36.1. The number of aryl methyl sites for hydroxylation is 1. The summed E-state index contributed by atoms with van der Waals surface area (Å²) in [7, 11) is 0. The quantitative estimate of drug-likeness (QED) is 0.339. The number of alkyl halides is 3. The van der Waals surface area contributed by atoms with Gasteiger partial charge < -0.3 is 10.2 Å². The molecule has 0 saturated heterocycles. The summed E-state index contributed by atoms with van der Waals surface area (Å²) < 4.78 is 38.0. The summed E-state index contributed by atoms with van der Waals surface area (Å²) in [5.41, 5.74) is 3.30. The first-order valence-corrected chi connectivity index (χ1v) is 8.59. The van der Waals surface area contributed by atoms with Crippen LogP contribution in [0.2, 0.25) is 0 Å². The summed E-state index contributed by atoms with van der Waals surface area (Å²) in [5.74, 6) is 3.35. The van der Waals surface area contributed by atoms with Gasteiger partial charge >= 0.3 is 24.0 Å². The molecule has 29 heavy (non-hydrogen) atoms. The number of hydrogen-bond acceptors (Lipinski definition) is 7. The molecule has 3 amide bonds. The van der Waals surface area contributed by atoms with Gasteiger partial charge in [-0.2, -0.15) is 19.1 Å². The van der Waals surface area contributed by atoms with Crippen LogP contribution in [0.5, 0.6) is 0 Å². The number of aliphatic imine (C=N–C) groups is 1. The maximum absolute atomic E-state index is 12.7. The molecule has 0 aliphatic carbocycles. The van der Waals surface area contributed by atoms with Crippen LogP contribution in [0, 0.1) is 6.92 Å². The Morgan fingerprint density at radius 3 is 2.62 bits per heavy atom. The molecule has 1 aromatic heterocycles. The van der Waals surface area contributed by atoms with Gasteiger partial charge in [0.25, 0.3) is 0 Å². The summed E-state index contributed by atoms with van der Waals surface area (Å²) >= 11 is 1.34. The predicted molar refractivity (Wildman–Crippen MR) is 100 cm³/mol. The molecule has 2 rings (SSSR count). The number of thiazole rings is 1. The van der Waals surface area contributed by atoms with E-state index in [1.807, 2.05) is 10.9 Å². The Kier molecular flexibility index (Phi) is 6.90. The fourth-order valence-corrected chi connectivity index (χ4v) is 2.53. The van der Waals surface area contributed by atoms with E-state index in [1.54, 1.807) is 12.3 Å². The lowest BCUT2D eigenvalue weighted by Gasteiger charge is -2.11. The van der Waals surface area contributed by atoms with E-state index in [-0.39, 0.29) is 11.4 Å². The monoisotopic (exact) mass is 428 g/mol. The highest BCUT2D eigenvalue weighted by molar-refractivity contribution is 7.09. The zero-order valence-corrected chi connectivity index (χ0v) is 15.6. The smallest absolute Gasteiger partial charge is 0.385 e. The summed E-state index contributed by atoms with van der Waals surface area (Å²) in [6, 6.07) is 2.94. The molecule has 0 unspecified atom stereocenters. The van der Waals surface area contributed by atoms with E-state index in [2.05, 4.69) is 26.7 Å². The first-order chi connectivity index (χ1) is 13.6. The minimum atomic E-state index is -4.57. The molecular formula is C16H15F3N6O3S. The van der Waals surface area contributed by atoms with Crippen molar-refractivity contribution in [3.05, 3.63) is 52.5 Å². The van der Waals surface area contributed by atoms with Crippen molar-refractivity contribution < 1.29 is 27.6 Å². The molecule has 9 nitrogen and oxygen atoms in total. The van der Waals surface area contributed by atoms with Crippen molar-refractivity contribution >= 4 is 40.6 Å². The van der Waals surface area contributed by atoms with E-state index in [4.69, 9.17) is 5.90 Å². The topological polar surface area (TPSA) is 131 Å². The Morgan fingerprint density at radius 2 is 2.03 bits per heavy atom. The van der Waals surface area contributed by atoms with E-state index in [0.29, 0.717) is 5.69 Å². The third-order valence-electron chi connectivity index (χ3n) is 3.19. The van der Waals surface area contributed by atoms with Crippen molar-refractivity contribution in [1.82, 2.24) is 15.8 Å². The van der Waals surface area contributed by atoms with Crippen LogP contribution in [-0.4, -0.2) is 22.8 Å². The van der Waals surface area contributed by atoms with Gasteiger partial charge in [-0.05, 0) is 25.1 Å². The van der Waals surface area contributed by atoms with Crippen LogP contribution in [0.25, 0.3) is 5.70 Å². The number of carbonyl (C=O) groups is 2. The van der Waals surface area contributed by atoms with Crippen LogP contribution < -0.4 is 22.1 Å². The van der Waals surface area contributed by atoms with E-state index in [9.17, 15) is 22.8 Å². The van der Waals surface area contributed by atoms with E-state index in [1.165, 1.54) is 17.4 Å². The van der Waals surface area contributed by atoms with Crippen molar-refractivity contribution in [3.63, 3.8) is 0 Å². The average molecular weight is 428 g/mol. The second-order valence-corrected chi connectivity index (χ2v) is 6.41. The Balaban J connectivity index is 1.95. The highest BCUT2D eigenvalue weighted by atomic mass is 32.1. The molecule has 0 aliphatic rings. The van der Waals surface area contributed by atoms with Gasteiger partial charge in [-0.1, -0.05) is 12.6 Å². The SMILES string of the molecule is C=C(N=C(ON)C(=O)NNC(=O)Nc1cccc(C(F)(F)F)c1)c1csc(C)n1. The number of halogens is 3. The van der Waals surface area contributed by atoms with Crippen LogP contribution in [-0.2, 0) is 15.8 Å². The predicted octanol–water partition coefficient (Wildman–Crippen LogP) is 2.58. The number of nitrogens with one attached hydrogen (secondary N) is 3. The van der Waals surface area contributed by atoms with Crippen molar-refractivity contribution in [2.24, 2.45) is 10.9 Å². The maximum Gasteiger partial charge on any atom is 0.416 e. The number of carbonyl (C=O) groups excluding carboxylic acids is 2. The zero-order chi connectivity index (χ0) is 21.6. The fourth-order valence-electron chi connectivity index (χ4n) is 1.91. The van der Waals surface area contributed by atoms with Gasteiger partial charge in [0.2, 0.25) is 0 Å².